The first-order valence-corrected chi connectivity index (χ1v) is 7.86. The second kappa shape index (κ2) is 8.71. The van der Waals surface area contributed by atoms with Crippen LogP contribution in [0.5, 0.6) is 0 Å². The minimum atomic E-state index is -0.230. The van der Waals surface area contributed by atoms with E-state index in [1.54, 1.807) is 11.3 Å². The normalized spacial score (nSPS) is 12.9. The van der Waals surface area contributed by atoms with Gasteiger partial charge >= 0.3 is 0 Å². The Bertz CT molecular complexity index is 293. The Morgan fingerprint density at radius 1 is 1.06 bits per heavy atom. The Labute approximate surface area is 110 Å². The van der Waals surface area contributed by atoms with Crippen LogP contribution < -0.4 is 0 Å². The molecule has 1 unspecified atom stereocenters. The van der Waals surface area contributed by atoms with E-state index < -0.39 is 0 Å². The lowest BCUT2D eigenvalue weighted by Gasteiger charge is -2.07. The quantitative estimate of drug-likeness (QED) is 0.608. The summed E-state index contributed by atoms with van der Waals surface area (Å²) in [6.07, 6.45) is 9.53. The van der Waals surface area contributed by atoms with Crippen LogP contribution in [0.25, 0.3) is 0 Å². The number of hydrogen-bond acceptors (Lipinski definition) is 2. The van der Waals surface area contributed by atoms with E-state index in [4.69, 9.17) is 0 Å². The maximum Gasteiger partial charge on any atom is 0.0882 e. The van der Waals surface area contributed by atoms with Crippen LogP contribution in [0.1, 0.15) is 74.7 Å². The molecule has 0 aliphatic rings. The van der Waals surface area contributed by atoms with E-state index in [0.29, 0.717) is 0 Å². The molecule has 0 fully saturated rings. The fraction of sp³-hybridized carbons (Fsp3) is 0.733. The van der Waals surface area contributed by atoms with Crippen LogP contribution in [0.2, 0.25) is 0 Å². The molecular formula is C15H26OS. The number of rotatable bonds is 9. The summed E-state index contributed by atoms with van der Waals surface area (Å²) in [4.78, 5) is 2.53. The van der Waals surface area contributed by atoms with Crippen LogP contribution in [-0.2, 0) is 6.42 Å². The average molecular weight is 254 g/mol. The molecule has 1 heterocycles. The Balaban J connectivity index is 2.14. The van der Waals surface area contributed by atoms with Crippen molar-refractivity contribution in [1.29, 1.82) is 0 Å². The van der Waals surface area contributed by atoms with E-state index in [-0.39, 0.29) is 6.10 Å². The van der Waals surface area contributed by atoms with Crippen molar-refractivity contribution in [2.75, 3.05) is 0 Å². The minimum Gasteiger partial charge on any atom is -0.388 e. The molecule has 1 atom stereocenters. The summed E-state index contributed by atoms with van der Waals surface area (Å²) in [5.41, 5.74) is 0. The van der Waals surface area contributed by atoms with Crippen LogP contribution in [0.4, 0.5) is 0 Å². The zero-order valence-corrected chi connectivity index (χ0v) is 12.1. The summed E-state index contributed by atoms with van der Waals surface area (Å²) < 4.78 is 0. The maximum atomic E-state index is 10.0. The molecule has 0 radical (unpaired) electrons. The van der Waals surface area contributed by atoms with Crippen molar-refractivity contribution >= 4 is 11.3 Å². The highest BCUT2D eigenvalue weighted by Crippen LogP contribution is 2.27. The third-order valence-electron chi connectivity index (χ3n) is 3.19. The van der Waals surface area contributed by atoms with Crippen molar-refractivity contribution in [2.45, 2.75) is 71.3 Å². The molecule has 0 saturated heterocycles. The van der Waals surface area contributed by atoms with Crippen molar-refractivity contribution < 1.29 is 5.11 Å². The molecule has 1 rings (SSSR count). The lowest BCUT2D eigenvalue weighted by atomic mass is 10.1. The maximum absolute atomic E-state index is 10.0. The molecule has 0 spiro atoms. The van der Waals surface area contributed by atoms with Crippen molar-refractivity contribution in [3.05, 3.63) is 21.9 Å². The van der Waals surface area contributed by atoms with E-state index in [0.717, 1.165) is 24.1 Å². The number of aliphatic hydroxyl groups is 1. The Morgan fingerprint density at radius 3 is 2.41 bits per heavy atom. The molecule has 17 heavy (non-hydrogen) atoms. The third kappa shape index (κ3) is 5.69. The molecule has 2 heteroatoms. The number of aliphatic hydroxyl groups excluding tert-OH is 1. The Hall–Kier alpha value is -0.340. The fourth-order valence-corrected chi connectivity index (χ4v) is 3.00. The van der Waals surface area contributed by atoms with E-state index >= 15 is 0 Å². The van der Waals surface area contributed by atoms with Gasteiger partial charge in [-0.05, 0) is 25.0 Å². The Morgan fingerprint density at radius 2 is 1.76 bits per heavy atom. The summed E-state index contributed by atoms with van der Waals surface area (Å²) in [7, 11) is 0. The number of aryl methyl sites for hydroxylation is 1. The monoisotopic (exact) mass is 254 g/mol. The standard InChI is InChI=1S/C15H26OS/c1-3-5-6-7-8-9-10-14(16)15-12-11-13(4-2)17-15/h11-12,14,16H,3-10H2,1-2H3. The van der Waals surface area contributed by atoms with Crippen LogP contribution in [0.3, 0.4) is 0 Å². The second-order valence-corrected chi connectivity index (χ2v) is 5.93. The molecule has 98 valence electrons. The van der Waals surface area contributed by atoms with Gasteiger partial charge in [-0.15, -0.1) is 11.3 Å². The van der Waals surface area contributed by atoms with Gasteiger partial charge in [-0.1, -0.05) is 52.4 Å². The van der Waals surface area contributed by atoms with E-state index in [1.165, 1.54) is 37.0 Å². The summed E-state index contributed by atoms with van der Waals surface area (Å²) in [6.45, 7) is 4.40. The van der Waals surface area contributed by atoms with Gasteiger partial charge in [0.2, 0.25) is 0 Å². The van der Waals surface area contributed by atoms with Gasteiger partial charge in [0.25, 0.3) is 0 Å². The number of unbranched alkanes of at least 4 members (excludes halogenated alkanes) is 5. The van der Waals surface area contributed by atoms with Crippen molar-refractivity contribution in [1.82, 2.24) is 0 Å². The highest BCUT2D eigenvalue weighted by Gasteiger charge is 2.09. The molecule has 0 aliphatic heterocycles. The second-order valence-electron chi connectivity index (χ2n) is 4.73. The van der Waals surface area contributed by atoms with E-state index in [1.807, 2.05) is 0 Å². The summed E-state index contributed by atoms with van der Waals surface area (Å²) in [5.74, 6) is 0. The Kier molecular flexibility index (Phi) is 7.54. The van der Waals surface area contributed by atoms with Gasteiger partial charge in [0.1, 0.15) is 0 Å². The zero-order chi connectivity index (χ0) is 12.5. The zero-order valence-electron chi connectivity index (χ0n) is 11.2. The molecule has 0 aliphatic carbocycles. The lowest BCUT2D eigenvalue weighted by molar-refractivity contribution is 0.167. The van der Waals surface area contributed by atoms with E-state index in [9.17, 15) is 5.11 Å². The SMILES string of the molecule is CCCCCCCCC(O)c1ccc(CC)s1. The first-order valence-electron chi connectivity index (χ1n) is 7.04. The van der Waals surface area contributed by atoms with Crippen molar-refractivity contribution in [2.24, 2.45) is 0 Å². The summed E-state index contributed by atoms with van der Waals surface area (Å²) in [6, 6.07) is 4.23. The molecule has 0 saturated carbocycles. The van der Waals surface area contributed by atoms with Crippen molar-refractivity contribution in [3.8, 4) is 0 Å². The van der Waals surface area contributed by atoms with Crippen LogP contribution in [0.15, 0.2) is 12.1 Å². The van der Waals surface area contributed by atoms with Gasteiger partial charge in [-0.2, -0.15) is 0 Å². The van der Waals surface area contributed by atoms with Gasteiger partial charge in [0.05, 0.1) is 6.10 Å². The van der Waals surface area contributed by atoms with Gasteiger partial charge in [-0.25, -0.2) is 0 Å². The fourth-order valence-electron chi connectivity index (χ4n) is 2.02. The third-order valence-corrected chi connectivity index (χ3v) is 4.52. The smallest absolute Gasteiger partial charge is 0.0882 e. The van der Waals surface area contributed by atoms with Gasteiger partial charge in [-0.3, -0.25) is 0 Å². The van der Waals surface area contributed by atoms with Crippen LogP contribution in [0, 0.1) is 0 Å². The molecule has 1 aromatic heterocycles. The lowest BCUT2D eigenvalue weighted by Crippen LogP contribution is -1.94. The molecule has 1 N–H and O–H groups in total. The van der Waals surface area contributed by atoms with E-state index in [2.05, 4.69) is 26.0 Å². The predicted molar refractivity (Wildman–Crippen MR) is 76.6 cm³/mol. The molecule has 1 aromatic rings. The molecule has 0 bridgehead atoms. The number of thiophene rings is 1. The summed E-state index contributed by atoms with van der Waals surface area (Å²) in [5, 5.41) is 10.0. The predicted octanol–water partition coefficient (Wildman–Crippen LogP) is 5.09. The minimum absolute atomic E-state index is 0.230. The topological polar surface area (TPSA) is 20.2 Å². The summed E-state index contributed by atoms with van der Waals surface area (Å²) >= 11 is 1.76. The molecule has 0 aromatic carbocycles. The van der Waals surface area contributed by atoms with Gasteiger partial charge in [0, 0.05) is 9.75 Å². The number of hydrogen-bond donors (Lipinski definition) is 1. The highest BCUT2D eigenvalue weighted by atomic mass is 32.1. The largest absolute Gasteiger partial charge is 0.388 e. The van der Waals surface area contributed by atoms with Gasteiger partial charge < -0.3 is 5.11 Å². The first kappa shape index (κ1) is 14.7. The highest BCUT2D eigenvalue weighted by molar-refractivity contribution is 7.12. The molecule has 1 nitrogen and oxygen atoms in total. The van der Waals surface area contributed by atoms with Crippen LogP contribution >= 0.6 is 11.3 Å². The van der Waals surface area contributed by atoms with Gasteiger partial charge in [0.15, 0.2) is 0 Å². The van der Waals surface area contributed by atoms with Crippen molar-refractivity contribution in [3.63, 3.8) is 0 Å². The average Bonchev–Trinajstić information content (AvgIpc) is 2.82. The van der Waals surface area contributed by atoms with Crippen LogP contribution in [-0.4, -0.2) is 5.11 Å². The first-order chi connectivity index (χ1) is 8.27. The molecular weight excluding hydrogens is 228 g/mol. The molecule has 0 amide bonds.